The van der Waals surface area contributed by atoms with Crippen molar-refractivity contribution in [2.75, 3.05) is 25.0 Å². The quantitative estimate of drug-likeness (QED) is 0.220. The number of anilines is 1. The Morgan fingerprint density at radius 2 is 1.55 bits per heavy atom. The van der Waals surface area contributed by atoms with E-state index in [0.29, 0.717) is 16.5 Å². The van der Waals surface area contributed by atoms with E-state index in [9.17, 15) is 14.4 Å². The van der Waals surface area contributed by atoms with Crippen molar-refractivity contribution in [1.29, 1.82) is 0 Å². The number of carbonyl (C=O) groups is 3. The zero-order valence-corrected chi connectivity index (χ0v) is 26.7. The Hall–Kier alpha value is -2.91. The summed E-state index contributed by atoms with van der Waals surface area (Å²) >= 11 is 1.31. The molecule has 9 heteroatoms. The molecule has 1 aromatic heterocycles. The molecule has 0 radical (unpaired) electrons. The van der Waals surface area contributed by atoms with Crippen molar-refractivity contribution in [3.05, 3.63) is 41.3 Å². The molecule has 1 aromatic carbocycles. The summed E-state index contributed by atoms with van der Waals surface area (Å²) in [6, 6.07) is 11.8. The zero-order valence-electron chi connectivity index (χ0n) is 25.8. The molecule has 4 rings (SSSR count). The number of likely N-dealkylation sites (tertiary alicyclic amines) is 1. The SMILES string of the molecule is CC1CCC(C(=O)N(c2cc(-c3ccccc3)sc2C(=O)OC(OC(=O)OC(C)C)C(C)C)C2CCN(C)CC2)CC1. The van der Waals surface area contributed by atoms with Crippen LogP contribution in [-0.4, -0.2) is 61.5 Å². The van der Waals surface area contributed by atoms with Crippen LogP contribution in [0.1, 0.15) is 82.8 Å². The van der Waals surface area contributed by atoms with Gasteiger partial charge in [0.1, 0.15) is 4.88 Å². The van der Waals surface area contributed by atoms with Gasteiger partial charge in [-0.3, -0.25) is 4.79 Å². The fourth-order valence-corrected chi connectivity index (χ4v) is 6.71. The van der Waals surface area contributed by atoms with Gasteiger partial charge in [0.25, 0.3) is 6.29 Å². The average molecular weight is 599 g/mol. The molecular weight excluding hydrogens is 552 g/mol. The predicted molar refractivity (Wildman–Crippen MR) is 166 cm³/mol. The van der Waals surface area contributed by atoms with Crippen molar-refractivity contribution in [3.8, 4) is 10.4 Å². The van der Waals surface area contributed by atoms with Gasteiger partial charge in [-0.15, -0.1) is 11.3 Å². The van der Waals surface area contributed by atoms with E-state index in [4.69, 9.17) is 14.2 Å². The van der Waals surface area contributed by atoms with Crippen molar-refractivity contribution < 1.29 is 28.6 Å². The minimum atomic E-state index is -1.13. The minimum Gasteiger partial charge on any atom is -0.431 e. The number of esters is 1. The van der Waals surface area contributed by atoms with E-state index in [-0.39, 0.29) is 29.9 Å². The van der Waals surface area contributed by atoms with Crippen LogP contribution in [0.25, 0.3) is 10.4 Å². The van der Waals surface area contributed by atoms with Crippen LogP contribution >= 0.6 is 11.3 Å². The van der Waals surface area contributed by atoms with E-state index >= 15 is 0 Å². The number of rotatable bonds is 9. The molecule has 1 unspecified atom stereocenters. The highest BCUT2D eigenvalue weighted by Crippen LogP contribution is 2.41. The standard InChI is InChI=1S/C33H46N2O6S/c1-21(2)32(41-33(38)39-22(3)4)40-31(37)29-27(20-28(42-29)24-10-8-7-9-11-24)35(26-16-18-34(6)19-17-26)30(36)25-14-12-23(5)13-15-25/h7-11,20-23,25-26,32H,12-19H2,1-6H3. The van der Waals surface area contributed by atoms with E-state index in [1.54, 1.807) is 13.8 Å². The van der Waals surface area contributed by atoms with Gasteiger partial charge in [-0.2, -0.15) is 0 Å². The molecule has 2 heterocycles. The van der Waals surface area contributed by atoms with Gasteiger partial charge in [-0.1, -0.05) is 51.1 Å². The van der Waals surface area contributed by atoms with Crippen LogP contribution in [0.15, 0.2) is 36.4 Å². The van der Waals surface area contributed by atoms with Crippen LogP contribution in [0.3, 0.4) is 0 Å². The fraction of sp³-hybridized carbons (Fsp3) is 0.606. The van der Waals surface area contributed by atoms with E-state index in [0.717, 1.165) is 62.1 Å². The highest BCUT2D eigenvalue weighted by atomic mass is 32.1. The lowest BCUT2D eigenvalue weighted by molar-refractivity contribution is -0.124. The second kappa shape index (κ2) is 14.5. The van der Waals surface area contributed by atoms with Crippen molar-refractivity contribution in [2.45, 2.75) is 91.6 Å². The van der Waals surface area contributed by atoms with E-state index < -0.39 is 18.4 Å². The Labute approximate surface area is 254 Å². The summed E-state index contributed by atoms with van der Waals surface area (Å²) in [5, 5.41) is 0. The molecule has 2 aromatic rings. The van der Waals surface area contributed by atoms with Gasteiger partial charge in [-0.05, 0) is 90.1 Å². The molecule has 2 aliphatic rings. The Bertz CT molecular complexity index is 1200. The third-order valence-corrected chi connectivity index (χ3v) is 9.34. The van der Waals surface area contributed by atoms with E-state index in [1.807, 2.05) is 55.1 Å². The number of hydrogen-bond acceptors (Lipinski definition) is 8. The molecule has 1 atom stereocenters. The summed E-state index contributed by atoms with van der Waals surface area (Å²) < 4.78 is 16.4. The molecule has 1 aliphatic heterocycles. The van der Waals surface area contributed by atoms with Crippen molar-refractivity contribution in [1.82, 2.24) is 4.90 Å². The number of piperidine rings is 1. The van der Waals surface area contributed by atoms with Gasteiger partial charge in [0.15, 0.2) is 0 Å². The number of hydrogen-bond donors (Lipinski definition) is 0. The molecule has 0 spiro atoms. The number of ether oxygens (including phenoxy) is 3. The van der Waals surface area contributed by atoms with Crippen LogP contribution in [-0.2, 0) is 19.0 Å². The summed E-state index contributed by atoms with van der Waals surface area (Å²) in [6.07, 6.45) is 3.06. The number of carbonyl (C=O) groups excluding carboxylic acids is 3. The lowest BCUT2D eigenvalue weighted by Gasteiger charge is -2.40. The van der Waals surface area contributed by atoms with Gasteiger partial charge in [0.2, 0.25) is 5.91 Å². The zero-order chi connectivity index (χ0) is 30.4. The molecule has 0 bridgehead atoms. The Morgan fingerprint density at radius 1 is 0.905 bits per heavy atom. The average Bonchev–Trinajstić information content (AvgIpc) is 3.39. The fourth-order valence-electron chi connectivity index (χ4n) is 5.67. The molecule has 42 heavy (non-hydrogen) atoms. The van der Waals surface area contributed by atoms with Crippen molar-refractivity contribution >= 4 is 35.1 Å². The predicted octanol–water partition coefficient (Wildman–Crippen LogP) is 7.37. The maximum absolute atomic E-state index is 14.4. The molecule has 1 amide bonds. The molecule has 1 aliphatic carbocycles. The number of amides is 1. The van der Waals surface area contributed by atoms with Crippen LogP contribution in [0, 0.1) is 17.8 Å². The highest BCUT2D eigenvalue weighted by molar-refractivity contribution is 7.18. The molecule has 1 saturated carbocycles. The normalized spacial score (nSPS) is 20.8. The van der Waals surface area contributed by atoms with Crippen LogP contribution in [0.2, 0.25) is 0 Å². The van der Waals surface area contributed by atoms with E-state index in [2.05, 4.69) is 18.9 Å². The summed E-state index contributed by atoms with van der Waals surface area (Å²) in [5.74, 6) is -0.266. The number of nitrogens with zero attached hydrogens (tertiary/aromatic N) is 2. The molecular formula is C33H46N2O6S. The van der Waals surface area contributed by atoms with E-state index in [1.165, 1.54) is 11.3 Å². The summed E-state index contributed by atoms with van der Waals surface area (Å²) in [5.41, 5.74) is 1.55. The smallest absolute Gasteiger partial charge is 0.431 e. The molecule has 230 valence electrons. The maximum Gasteiger partial charge on any atom is 0.511 e. The molecule has 8 nitrogen and oxygen atoms in total. The van der Waals surface area contributed by atoms with Gasteiger partial charge < -0.3 is 24.0 Å². The lowest BCUT2D eigenvalue weighted by atomic mass is 9.82. The second-order valence-electron chi connectivity index (χ2n) is 12.4. The van der Waals surface area contributed by atoms with Gasteiger partial charge in [0.05, 0.1) is 11.8 Å². The Kier molecular flexibility index (Phi) is 11.1. The first kappa shape index (κ1) is 32.0. The minimum absolute atomic E-state index is 0.0176. The lowest BCUT2D eigenvalue weighted by Crippen LogP contribution is -2.49. The monoisotopic (exact) mass is 598 g/mol. The second-order valence-corrected chi connectivity index (χ2v) is 13.5. The van der Waals surface area contributed by atoms with Crippen molar-refractivity contribution in [2.24, 2.45) is 17.8 Å². The largest absolute Gasteiger partial charge is 0.511 e. The van der Waals surface area contributed by atoms with Gasteiger partial charge >= 0.3 is 12.1 Å². The molecule has 1 saturated heterocycles. The first-order valence-corrected chi connectivity index (χ1v) is 16.1. The van der Waals surface area contributed by atoms with Crippen LogP contribution < -0.4 is 4.90 Å². The van der Waals surface area contributed by atoms with Gasteiger partial charge in [0, 0.05) is 22.8 Å². The molecule has 0 N–H and O–H groups in total. The van der Waals surface area contributed by atoms with Crippen molar-refractivity contribution in [3.63, 3.8) is 0 Å². The highest BCUT2D eigenvalue weighted by Gasteiger charge is 2.38. The molecule has 2 fully saturated rings. The Balaban J connectivity index is 1.72. The summed E-state index contributed by atoms with van der Waals surface area (Å²) in [7, 11) is 2.10. The topological polar surface area (TPSA) is 85.4 Å². The van der Waals surface area contributed by atoms with Gasteiger partial charge in [-0.25, -0.2) is 9.59 Å². The van der Waals surface area contributed by atoms with Crippen LogP contribution in [0.4, 0.5) is 10.5 Å². The first-order valence-electron chi connectivity index (χ1n) is 15.3. The Morgan fingerprint density at radius 3 is 2.14 bits per heavy atom. The third-order valence-electron chi connectivity index (χ3n) is 8.18. The third kappa shape index (κ3) is 8.13. The number of benzene rings is 1. The maximum atomic E-state index is 14.4. The first-order chi connectivity index (χ1) is 20.0. The summed E-state index contributed by atoms with van der Waals surface area (Å²) in [4.78, 5) is 46.0. The number of thiophene rings is 1. The van der Waals surface area contributed by atoms with Crippen LogP contribution in [0.5, 0.6) is 0 Å². The summed E-state index contributed by atoms with van der Waals surface area (Å²) in [6.45, 7) is 11.1.